The summed E-state index contributed by atoms with van der Waals surface area (Å²) in [5.74, 6) is -0.518. The van der Waals surface area contributed by atoms with E-state index < -0.39 is 0 Å². The Morgan fingerprint density at radius 3 is 2.80 bits per heavy atom. The van der Waals surface area contributed by atoms with Crippen LogP contribution in [0.1, 0.15) is 27.9 Å². The lowest BCUT2D eigenvalue weighted by Gasteiger charge is -2.03. The molecule has 0 bridgehead atoms. The van der Waals surface area contributed by atoms with E-state index in [2.05, 4.69) is 15.6 Å². The molecule has 0 saturated heterocycles. The number of carbonyl (C=O) groups excluding carboxylic acids is 2. The molecule has 5 nitrogen and oxygen atoms in total. The first-order valence-electron chi connectivity index (χ1n) is 6.16. The third-order valence-corrected chi connectivity index (χ3v) is 4.28. The van der Waals surface area contributed by atoms with E-state index >= 15 is 0 Å². The molecule has 0 unspecified atom stereocenters. The van der Waals surface area contributed by atoms with Gasteiger partial charge in [0.2, 0.25) is 5.91 Å². The molecule has 2 aromatic rings. The second kappa shape index (κ2) is 6.62. The van der Waals surface area contributed by atoms with E-state index in [4.69, 9.17) is 0 Å². The molecule has 0 saturated carbocycles. The standard InChI is InChI=1S/C13H15N3O2S2/c1-3-10-8(2)20-13(15-10)16-11(17)6-14-12(18)9-4-5-19-7-9/h4-5,7H,3,6H2,1-2H3,(H,14,18)(H,15,16,17). The first-order valence-corrected chi connectivity index (χ1v) is 7.92. The molecule has 0 aliphatic rings. The van der Waals surface area contributed by atoms with Crippen LogP contribution in [0, 0.1) is 6.92 Å². The normalized spacial score (nSPS) is 10.3. The Bertz CT molecular complexity index is 605. The van der Waals surface area contributed by atoms with Crippen molar-refractivity contribution < 1.29 is 9.59 Å². The second-order valence-electron chi connectivity index (χ2n) is 4.12. The van der Waals surface area contributed by atoms with Gasteiger partial charge in [0, 0.05) is 15.8 Å². The van der Waals surface area contributed by atoms with Crippen molar-refractivity contribution in [1.29, 1.82) is 0 Å². The minimum Gasteiger partial charge on any atom is -0.343 e. The molecule has 0 spiro atoms. The van der Waals surface area contributed by atoms with Crippen molar-refractivity contribution in [1.82, 2.24) is 10.3 Å². The van der Waals surface area contributed by atoms with Crippen molar-refractivity contribution in [3.63, 3.8) is 0 Å². The number of anilines is 1. The predicted molar refractivity (Wildman–Crippen MR) is 81.5 cm³/mol. The SMILES string of the molecule is CCc1nc(NC(=O)CNC(=O)c2ccsc2)sc1C. The van der Waals surface area contributed by atoms with Gasteiger partial charge in [0.15, 0.2) is 5.13 Å². The lowest BCUT2D eigenvalue weighted by atomic mass is 10.3. The van der Waals surface area contributed by atoms with Crippen LogP contribution in [-0.4, -0.2) is 23.3 Å². The largest absolute Gasteiger partial charge is 0.343 e. The van der Waals surface area contributed by atoms with E-state index in [-0.39, 0.29) is 18.4 Å². The highest BCUT2D eigenvalue weighted by Gasteiger charge is 2.11. The lowest BCUT2D eigenvalue weighted by molar-refractivity contribution is -0.115. The summed E-state index contributed by atoms with van der Waals surface area (Å²) >= 11 is 2.89. The number of amides is 2. The zero-order valence-corrected chi connectivity index (χ0v) is 12.9. The fraction of sp³-hybridized carbons (Fsp3) is 0.308. The van der Waals surface area contributed by atoms with Gasteiger partial charge in [0.25, 0.3) is 5.91 Å². The molecule has 7 heteroatoms. The van der Waals surface area contributed by atoms with Gasteiger partial charge in [-0.15, -0.1) is 11.3 Å². The van der Waals surface area contributed by atoms with Gasteiger partial charge >= 0.3 is 0 Å². The third-order valence-electron chi connectivity index (χ3n) is 2.67. The van der Waals surface area contributed by atoms with Gasteiger partial charge in [-0.2, -0.15) is 11.3 Å². The first-order chi connectivity index (χ1) is 9.60. The average molecular weight is 309 g/mol. The van der Waals surface area contributed by atoms with Crippen LogP contribution in [-0.2, 0) is 11.2 Å². The number of carbonyl (C=O) groups is 2. The van der Waals surface area contributed by atoms with Gasteiger partial charge in [-0.1, -0.05) is 6.92 Å². The zero-order valence-electron chi connectivity index (χ0n) is 11.2. The van der Waals surface area contributed by atoms with Crippen LogP contribution in [0.3, 0.4) is 0 Å². The van der Waals surface area contributed by atoms with Crippen LogP contribution in [0.4, 0.5) is 5.13 Å². The Balaban J connectivity index is 1.84. The van der Waals surface area contributed by atoms with Crippen LogP contribution in [0.5, 0.6) is 0 Å². The Morgan fingerprint density at radius 1 is 1.40 bits per heavy atom. The smallest absolute Gasteiger partial charge is 0.252 e. The van der Waals surface area contributed by atoms with Crippen LogP contribution < -0.4 is 10.6 Å². The fourth-order valence-corrected chi connectivity index (χ4v) is 3.18. The average Bonchev–Trinajstić information content (AvgIpc) is 3.05. The summed E-state index contributed by atoms with van der Waals surface area (Å²) in [5, 5.41) is 9.41. The van der Waals surface area contributed by atoms with E-state index in [1.54, 1.807) is 11.4 Å². The van der Waals surface area contributed by atoms with E-state index in [1.807, 2.05) is 19.2 Å². The monoisotopic (exact) mass is 309 g/mol. The number of nitrogens with one attached hydrogen (secondary N) is 2. The van der Waals surface area contributed by atoms with E-state index in [0.29, 0.717) is 10.7 Å². The molecule has 0 aliphatic heterocycles. The summed E-state index contributed by atoms with van der Waals surface area (Å²) < 4.78 is 0. The molecule has 2 amide bonds. The van der Waals surface area contributed by atoms with E-state index in [9.17, 15) is 9.59 Å². The Kier molecular flexibility index (Phi) is 4.86. The number of rotatable bonds is 5. The molecule has 2 N–H and O–H groups in total. The van der Waals surface area contributed by atoms with Gasteiger partial charge in [-0.05, 0) is 24.8 Å². The van der Waals surface area contributed by atoms with Crippen LogP contribution in [0.2, 0.25) is 0 Å². The van der Waals surface area contributed by atoms with Crippen molar-refractivity contribution in [2.24, 2.45) is 0 Å². The molecule has 2 heterocycles. The number of hydrogen-bond acceptors (Lipinski definition) is 5. The van der Waals surface area contributed by atoms with Crippen molar-refractivity contribution in [2.75, 3.05) is 11.9 Å². The van der Waals surface area contributed by atoms with E-state index in [1.165, 1.54) is 22.7 Å². The molecule has 20 heavy (non-hydrogen) atoms. The zero-order chi connectivity index (χ0) is 14.5. The number of hydrogen-bond donors (Lipinski definition) is 2. The number of aryl methyl sites for hydroxylation is 2. The summed E-state index contributed by atoms with van der Waals surface area (Å²) in [7, 11) is 0. The van der Waals surface area contributed by atoms with Crippen molar-refractivity contribution in [2.45, 2.75) is 20.3 Å². The second-order valence-corrected chi connectivity index (χ2v) is 6.10. The summed E-state index contributed by atoms with van der Waals surface area (Å²) in [4.78, 5) is 28.8. The highest BCUT2D eigenvalue weighted by molar-refractivity contribution is 7.15. The van der Waals surface area contributed by atoms with Gasteiger partial charge in [-0.3, -0.25) is 9.59 Å². The Morgan fingerprint density at radius 2 is 2.20 bits per heavy atom. The number of nitrogens with zero attached hydrogens (tertiary/aromatic N) is 1. The molecule has 0 fully saturated rings. The highest BCUT2D eigenvalue weighted by Crippen LogP contribution is 2.22. The molecular weight excluding hydrogens is 294 g/mol. The molecule has 106 valence electrons. The maximum absolute atomic E-state index is 11.7. The molecule has 0 aromatic carbocycles. The minimum atomic E-state index is -0.273. The van der Waals surface area contributed by atoms with Crippen molar-refractivity contribution in [3.05, 3.63) is 33.0 Å². The predicted octanol–water partition coefficient (Wildman–Crippen LogP) is 2.44. The molecule has 2 rings (SSSR count). The maximum Gasteiger partial charge on any atom is 0.252 e. The summed E-state index contributed by atoms with van der Waals surface area (Å²) in [6.45, 7) is 3.94. The van der Waals surface area contributed by atoms with Gasteiger partial charge in [-0.25, -0.2) is 4.98 Å². The van der Waals surface area contributed by atoms with Gasteiger partial charge in [0.1, 0.15) is 0 Å². The van der Waals surface area contributed by atoms with Crippen molar-refractivity contribution in [3.8, 4) is 0 Å². The summed E-state index contributed by atoms with van der Waals surface area (Å²) in [5.41, 5.74) is 1.56. The summed E-state index contributed by atoms with van der Waals surface area (Å²) in [6, 6.07) is 1.72. The minimum absolute atomic E-state index is 0.0607. The molecule has 0 aliphatic carbocycles. The molecule has 0 atom stereocenters. The quantitative estimate of drug-likeness (QED) is 0.891. The van der Waals surface area contributed by atoms with E-state index in [0.717, 1.165) is 17.0 Å². The molecule has 0 radical (unpaired) electrons. The van der Waals surface area contributed by atoms with Crippen LogP contribution in [0.15, 0.2) is 16.8 Å². The van der Waals surface area contributed by atoms with Gasteiger partial charge < -0.3 is 10.6 Å². The van der Waals surface area contributed by atoms with Crippen molar-refractivity contribution >= 4 is 39.6 Å². The number of thiophene rings is 1. The molecule has 2 aromatic heterocycles. The van der Waals surface area contributed by atoms with Crippen LogP contribution in [0.25, 0.3) is 0 Å². The topological polar surface area (TPSA) is 71.1 Å². The fourth-order valence-electron chi connectivity index (χ4n) is 1.63. The van der Waals surface area contributed by atoms with Gasteiger partial charge in [0.05, 0.1) is 12.2 Å². The highest BCUT2D eigenvalue weighted by atomic mass is 32.1. The number of aromatic nitrogens is 1. The third kappa shape index (κ3) is 3.64. The Hall–Kier alpha value is -1.73. The van der Waals surface area contributed by atoms with Crippen LogP contribution >= 0.6 is 22.7 Å². The molecular formula is C13H15N3O2S2. The maximum atomic E-state index is 11.7. The summed E-state index contributed by atoms with van der Waals surface area (Å²) in [6.07, 6.45) is 0.840. The number of thiazole rings is 1. The lowest BCUT2D eigenvalue weighted by Crippen LogP contribution is -2.32. The Labute approximate surface area is 125 Å². The first kappa shape index (κ1) is 14.7.